The van der Waals surface area contributed by atoms with Crippen molar-refractivity contribution in [3.63, 3.8) is 0 Å². The Balaban J connectivity index is 1.66. The van der Waals surface area contributed by atoms with Gasteiger partial charge in [-0.25, -0.2) is 4.98 Å². The molecule has 1 amide bonds. The van der Waals surface area contributed by atoms with Crippen molar-refractivity contribution in [1.29, 1.82) is 0 Å². The molecule has 7 heteroatoms. The van der Waals surface area contributed by atoms with Crippen molar-refractivity contribution in [1.82, 2.24) is 14.9 Å². The number of carbonyl (C=O) groups excluding carboxylic acids is 1. The Kier molecular flexibility index (Phi) is 5.90. The standard InChI is InChI=1S/C25H27N3O4/c1-15-8-21-18(14-32-22(21)9-16(15)2)12-23(29)27-24(25-26-6-7-28(25)3)17-10-19(30-4)13-20(11-17)31-5/h6-11,13-14,24H,12H2,1-5H3,(H,27,29). The molecule has 2 heterocycles. The van der Waals surface area contributed by atoms with Gasteiger partial charge in [-0.15, -0.1) is 0 Å². The second kappa shape index (κ2) is 8.78. The number of fused-ring (bicyclic) bond motifs is 1. The average Bonchev–Trinajstić information content (AvgIpc) is 3.38. The van der Waals surface area contributed by atoms with Crippen molar-refractivity contribution in [3.05, 3.63) is 77.1 Å². The summed E-state index contributed by atoms with van der Waals surface area (Å²) in [4.78, 5) is 17.6. The topological polar surface area (TPSA) is 78.5 Å². The van der Waals surface area contributed by atoms with Crippen molar-refractivity contribution in [2.75, 3.05) is 14.2 Å². The quantitative estimate of drug-likeness (QED) is 0.471. The Bertz CT molecular complexity index is 1250. The van der Waals surface area contributed by atoms with Gasteiger partial charge in [0, 0.05) is 36.5 Å². The smallest absolute Gasteiger partial charge is 0.225 e. The number of imidazole rings is 1. The molecule has 7 nitrogen and oxygen atoms in total. The monoisotopic (exact) mass is 433 g/mol. The predicted octanol–water partition coefficient (Wildman–Crippen LogP) is 4.25. The minimum atomic E-state index is -0.478. The van der Waals surface area contributed by atoms with Gasteiger partial charge in [0.05, 0.1) is 26.9 Å². The van der Waals surface area contributed by atoms with E-state index in [0.717, 1.165) is 33.2 Å². The minimum Gasteiger partial charge on any atom is -0.497 e. The lowest BCUT2D eigenvalue weighted by Gasteiger charge is -2.20. The van der Waals surface area contributed by atoms with Gasteiger partial charge in [-0.3, -0.25) is 4.79 Å². The number of hydrogen-bond acceptors (Lipinski definition) is 5. The highest BCUT2D eigenvalue weighted by Gasteiger charge is 2.23. The molecule has 0 aliphatic heterocycles. The third-order valence-corrected chi connectivity index (χ3v) is 5.75. The molecule has 0 bridgehead atoms. The van der Waals surface area contributed by atoms with Gasteiger partial charge in [0.25, 0.3) is 0 Å². The number of nitrogens with zero attached hydrogens (tertiary/aromatic N) is 2. The molecular weight excluding hydrogens is 406 g/mol. The maximum Gasteiger partial charge on any atom is 0.225 e. The number of methoxy groups -OCH3 is 2. The van der Waals surface area contributed by atoms with Crippen LogP contribution in [0.2, 0.25) is 0 Å². The Morgan fingerprint density at radius 3 is 2.41 bits per heavy atom. The molecule has 0 saturated heterocycles. The SMILES string of the molecule is COc1cc(OC)cc(C(NC(=O)Cc2coc3cc(C)c(C)cc23)c2nccn2C)c1. The number of hydrogen-bond donors (Lipinski definition) is 1. The molecule has 0 saturated carbocycles. The fourth-order valence-corrected chi connectivity index (χ4v) is 3.81. The van der Waals surface area contributed by atoms with Gasteiger partial charge in [0.15, 0.2) is 0 Å². The molecule has 0 fully saturated rings. The first-order chi connectivity index (χ1) is 15.4. The number of nitrogens with one attached hydrogen (secondary N) is 1. The van der Waals surface area contributed by atoms with Crippen LogP contribution in [0, 0.1) is 13.8 Å². The summed E-state index contributed by atoms with van der Waals surface area (Å²) in [5, 5.41) is 4.09. The summed E-state index contributed by atoms with van der Waals surface area (Å²) in [6.07, 6.45) is 5.41. The highest BCUT2D eigenvalue weighted by Crippen LogP contribution is 2.30. The normalized spacial score (nSPS) is 12.0. The van der Waals surface area contributed by atoms with Crippen LogP contribution in [0.1, 0.15) is 34.1 Å². The second-order valence-electron chi connectivity index (χ2n) is 7.91. The van der Waals surface area contributed by atoms with Crippen LogP contribution < -0.4 is 14.8 Å². The van der Waals surface area contributed by atoms with Gasteiger partial charge in [-0.05, 0) is 54.8 Å². The van der Waals surface area contributed by atoms with E-state index in [9.17, 15) is 4.79 Å². The maximum atomic E-state index is 13.2. The lowest BCUT2D eigenvalue weighted by atomic mass is 10.0. The minimum absolute atomic E-state index is 0.138. The summed E-state index contributed by atoms with van der Waals surface area (Å²) < 4.78 is 18.4. The lowest BCUT2D eigenvalue weighted by molar-refractivity contribution is -0.121. The lowest BCUT2D eigenvalue weighted by Crippen LogP contribution is -2.32. The summed E-state index contributed by atoms with van der Waals surface area (Å²) >= 11 is 0. The Morgan fingerprint density at radius 2 is 1.78 bits per heavy atom. The fourth-order valence-electron chi connectivity index (χ4n) is 3.81. The van der Waals surface area contributed by atoms with Gasteiger partial charge >= 0.3 is 0 Å². The Morgan fingerprint density at radius 1 is 1.09 bits per heavy atom. The molecule has 2 aromatic carbocycles. The van der Waals surface area contributed by atoms with Crippen molar-refractivity contribution >= 4 is 16.9 Å². The molecule has 1 atom stereocenters. The van der Waals surface area contributed by atoms with Gasteiger partial charge in [0.1, 0.15) is 28.9 Å². The van der Waals surface area contributed by atoms with E-state index in [1.165, 1.54) is 0 Å². The molecule has 166 valence electrons. The van der Waals surface area contributed by atoms with E-state index in [1.807, 2.05) is 42.9 Å². The molecule has 0 aliphatic carbocycles. The number of aryl methyl sites for hydroxylation is 3. The summed E-state index contributed by atoms with van der Waals surface area (Å²) in [5.41, 5.74) is 4.77. The second-order valence-corrected chi connectivity index (χ2v) is 7.91. The zero-order chi connectivity index (χ0) is 22.8. The number of ether oxygens (including phenoxy) is 2. The molecule has 1 N–H and O–H groups in total. The Labute approximate surface area is 187 Å². The van der Waals surface area contributed by atoms with Crippen LogP contribution in [0.15, 0.2) is 53.4 Å². The van der Waals surface area contributed by atoms with Gasteiger partial charge in [-0.1, -0.05) is 0 Å². The summed E-state index contributed by atoms with van der Waals surface area (Å²) in [6, 6.07) is 9.14. The largest absolute Gasteiger partial charge is 0.497 e. The van der Waals surface area contributed by atoms with E-state index in [4.69, 9.17) is 13.9 Å². The molecule has 2 aromatic heterocycles. The van der Waals surface area contributed by atoms with Crippen molar-refractivity contribution in [2.24, 2.45) is 7.05 Å². The first-order valence-electron chi connectivity index (χ1n) is 10.4. The highest BCUT2D eigenvalue weighted by molar-refractivity contribution is 5.88. The van der Waals surface area contributed by atoms with Crippen molar-refractivity contribution in [3.8, 4) is 11.5 Å². The van der Waals surface area contributed by atoms with E-state index in [0.29, 0.717) is 17.3 Å². The summed E-state index contributed by atoms with van der Waals surface area (Å²) in [5.74, 6) is 1.84. The van der Waals surface area contributed by atoms with Crippen LogP contribution >= 0.6 is 0 Å². The summed E-state index contributed by atoms with van der Waals surface area (Å²) in [7, 11) is 5.09. The zero-order valence-electron chi connectivity index (χ0n) is 18.9. The van der Waals surface area contributed by atoms with Crippen LogP contribution in [0.25, 0.3) is 11.0 Å². The van der Waals surface area contributed by atoms with E-state index in [1.54, 1.807) is 32.7 Å². The fraction of sp³-hybridized carbons (Fsp3) is 0.280. The molecule has 4 aromatic rings. The third kappa shape index (κ3) is 4.19. The maximum absolute atomic E-state index is 13.2. The van der Waals surface area contributed by atoms with Crippen LogP contribution in [0.5, 0.6) is 11.5 Å². The molecule has 4 rings (SSSR count). The number of furan rings is 1. The molecular formula is C25H27N3O4. The van der Waals surface area contributed by atoms with Crippen LogP contribution in [0.3, 0.4) is 0 Å². The van der Waals surface area contributed by atoms with Crippen LogP contribution in [-0.2, 0) is 18.3 Å². The number of carbonyl (C=O) groups is 1. The molecule has 0 radical (unpaired) electrons. The van der Waals surface area contributed by atoms with Crippen molar-refractivity contribution < 1.29 is 18.7 Å². The number of aromatic nitrogens is 2. The van der Waals surface area contributed by atoms with Gasteiger partial charge < -0.3 is 23.8 Å². The third-order valence-electron chi connectivity index (χ3n) is 5.75. The Hall–Kier alpha value is -3.74. The van der Waals surface area contributed by atoms with E-state index in [2.05, 4.69) is 23.3 Å². The van der Waals surface area contributed by atoms with Crippen LogP contribution in [-0.4, -0.2) is 29.7 Å². The van der Waals surface area contributed by atoms with Crippen molar-refractivity contribution in [2.45, 2.75) is 26.3 Å². The predicted molar refractivity (Wildman–Crippen MR) is 122 cm³/mol. The van der Waals surface area contributed by atoms with Crippen LogP contribution in [0.4, 0.5) is 0 Å². The summed E-state index contributed by atoms with van der Waals surface area (Å²) in [6.45, 7) is 4.10. The van der Waals surface area contributed by atoms with E-state index in [-0.39, 0.29) is 12.3 Å². The van der Waals surface area contributed by atoms with Gasteiger partial charge in [0.2, 0.25) is 5.91 Å². The number of benzene rings is 2. The number of rotatable bonds is 7. The average molecular weight is 434 g/mol. The van der Waals surface area contributed by atoms with E-state index >= 15 is 0 Å². The molecule has 1 unspecified atom stereocenters. The van der Waals surface area contributed by atoms with E-state index < -0.39 is 6.04 Å². The molecule has 0 spiro atoms. The van der Waals surface area contributed by atoms with Gasteiger partial charge in [-0.2, -0.15) is 0 Å². The molecule has 32 heavy (non-hydrogen) atoms. The number of amides is 1. The highest BCUT2D eigenvalue weighted by atomic mass is 16.5. The zero-order valence-corrected chi connectivity index (χ0v) is 18.9. The molecule has 0 aliphatic rings. The first-order valence-corrected chi connectivity index (χ1v) is 10.4. The first kappa shape index (κ1) is 21.5.